The molecule has 1 aromatic carbocycles. The fourth-order valence-corrected chi connectivity index (χ4v) is 1.32. The third-order valence-electron chi connectivity index (χ3n) is 2.22. The summed E-state index contributed by atoms with van der Waals surface area (Å²) in [6, 6.07) is 3.91. The summed E-state index contributed by atoms with van der Waals surface area (Å²) in [5.74, 6) is 1.73. The van der Waals surface area contributed by atoms with Crippen LogP contribution < -0.4 is 15.8 Å². The molecule has 0 aromatic heterocycles. The summed E-state index contributed by atoms with van der Waals surface area (Å²) in [6.45, 7) is 1.62. The summed E-state index contributed by atoms with van der Waals surface area (Å²) in [5, 5.41) is 2.43. The fourth-order valence-electron chi connectivity index (χ4n) is 1.32. The van der Waals surface area contributed by atoms with Crippen LogP contribution in [0.5, 0.6) is 5.75 Å². The minimum atomic E-state index is -0.452. The fraction of sp³-hybridized carbons (Fsp3) is 0.308. The van der Waals surface area contributed by atoms with Crippen LogP contribution in [0.15, 0.2) is 18.2 Å². The molecule has 18 heavy (non-hydrogen) atoms. The molecule has 0 heterocycles. The van der Waals surface area contributed by atoms with Crippen molar-refractivity contribution in [3.8, 4) is 18.1 Å². The molecule has 0 spiro atoms. The van der Waals surface area contributed by atoms with E-state index in [0.717, 1.165) is 0 Å². The minimum absolute atomic E-state index is 0.139. The number of nitrogens with one attached hydrogen (secondary N) is 1. The van der Waals surface area contributed by atoms with Crippen LogP contribution in [-0.2, 0) is 4.79 Å². The Morgan fingerprint density at radius 3 is 2.94 bits per heavy atom. The number of terminal acetylenes is 1. The number of hydrogen-bond donors (Lipinski definition) is 2. The lowest BCUT2D eigenvalue weighted by atomic mass is 10.1. The molecule has 0 aliphatic heterocycles. The Labute approximate surface area is 105 Å². The van der Waals surface area contributed by atoms with E-state index < -0.39 is 11.9 Å². The normalized spacial score (nSPS) is 11.4. The third kappa shape index (κ3) is 4.07. The van der Waals surface area contributed by atoms with Crippen LogP contribution >= 0.6 is 0 Å². The van der Waals surface area contributed by atoms with E-state index in [-0.39, 0.29) is 24.8 Å². The maximum atomic E-state index is 13.5. The van der Waals surface area contributed by atoms with Crippen LogP contribution in [0.3, 0.4) is 0 Å². The summed E-state index contributed by atoms with van der Waals surface area (Å²) in [5.41, 5.74) is 5.98. The first-order valence-corrected chi connectivity index (χ1v) is 5.42. The zero-order chi connectivity index (χ0) is 13.5. The van der Waals surface area contributed by atoms with Crippen molar-refractivity contribution in [1.82, 2.24) is 5.32 Å². The molecule has 0 bridgehead atoms. The molecule has 4 nitrogen and oxygen atoms in total. The second kappa shape index (κ2) is 6.62. The Morgan fingerprint density at radius 1 is 1.67 bits per heavy atom. The van der Waals surface area contributed by atoms with Crippen molar-refractivity contribution < 1.29 is 13.9 Å². The highest BCUT2D eigenvalue weighted by Gasteiger charge is 2.09. The monoisotopic (exact) mass is 250 g/mol. The van der Waals surface area contributed by atoms with Gasteiger partial charge in [0.05, 0.1) is 6.54 Å². The second-order valence-corrected chi connectivity index (χ2v) is 3.74. The minimum Gasteiger partial charge on any atom is -0.484 e. The predicted molar refractivity (Wildman–Crippen MR) is 66.3 cm³/mol. The van der Waals surface area contributed by atoms with E-state index in [1.165, 1.54) is 12.1 Å². The van der Waals surface area contributed by atoms with Crippen LogP contribution in [0, 0.1) is 18.2 Å². The second-order valence-electron chi connectivity index (χ2n) is 3.74. The highest BCUT2D eigenvalue weighted by atomic mass is 19.1. The van der Waals surface area contributed by atoms with Gasteiger partial charge in [0.15, 0.2) is 6.61 Å². The SMILES string of the molecule is C#CCNC(=O)COc1ccc([C@H](C)N)c(F)c1. The lowest BCUT2D eigenvalue weighted by molar-refractivity contribution is -0.122. The number of hydrogen-bond acceptors (Lipinski definition) is 3. The van der Waals surface area contributed by atoms with Crippen molar-refractivity contribution in [2.75, 3.05) is 13.2 Å². The van der Waals surface area contributed by atoms with Crippen LogP contribution in [-0.4, -0.2) is 19.1 Å². The van der Waals surface area contributed by atoms with E-state index in [1.54, 1.807) is 13.0 Å². The summed E-state index contributed by atoms with van der Waals surface area (Å²) in [7, 11) is 0. The Kier molecular flexibility index (Phi) is 5.15. The number of nitrogens with two attached hydrogens (primary N) is 1. The Morgan fingerprint density at radius 2 is 2.39 bits per heavy atom. The topological polar surface area (TPSA) is 64.3 Å². The number of carbonyl (C=O) groups excluding carboxylic acids is 1. The lowest BCUT2D eigenvalue weighted by Crippen LogP contribution is -2.29. The van der Waals surface area contributed by atoms with Crippen molar-refractivity contribution in [3.63, 3.8) is 0 Å². The molecular formula is C13H15FN2O2. The zero-order valence-corrected chi connectivity index (χ0v) is 10.1. The average Bonchev–Trinajstić information content (AvgIpc) is 2.33. The summed E-state index contributed by atoms with van der Waals surface area (Å²) in [4.78, 5) is 11.2. The summed E-state index contributed by atoms with van der Waals surface area (Å²) < 4.78 is 18.7. The van der Waals surface area contributed by atoms with Crippen LogP contribution in [0.25, 0.3) is 0 Å². The first-order valence-electron chi connectivity index (χ1n) is 5.42. The maximum absolute atomic E-state index is 13.5. The predicted octanol–water partition coefficient (Wildman–Crippen LogP) is 0.974. The molecule has 96 valence electrons. The molecule has 0 fully saturated rings. The van der Waals surface area contributed by atoms with Crippen molar-refractivity contribution in [3.05, 3.63) is 29.6 Å². The van der Waals surface area contributed by atoms with Gasteiger partial charge in [0.2, 0.25) is 0 Å². The summed E-state index contributed by atoms with van der Waals surface area (Å²) >= 11 is 0. The Hall–Kier alpha value is -2.06. The molecule has 1 amide bonds. The van der Waals surface area contributed by atoms with Gasteiger partial charge in [-0.05, 0) is 13.0 Å². The number of rotatable bonds is 5. The molecule has 1 atom stereocenters. The van der Waals surface area contributed by atoms with Gasteiger partial charge in [0, 0.05) is 17.7 Å². The lowest BCUT2D eigenvalue weighted by Gasteiger charge is -2.10. The van der Waals surface area contributed by atoms with Crippen molar-refractivity contribution in [2.45, 2.75) is 13.0 Å². The van der Waals surface area contributed by atoms with Gasteiger partial charge in [0.1, 0.15) is 11.6 Å². The molecular weight excluding hydrogens is 235 g/mol. The number of amides is 1. The number of carbonyl (C=O) groups is 1. The maximum Gasteiger partial charge on any atom is 0.258 e. The largest absolute Gasteiger partial charge is 0.484 e. The van der Waals surface area contributed by atoms with E-state index in [0.29, 0.717) is 5.56 Å². The summed E-state index contributed by atoms with van der Waals surface area (Å²) in [6.07, 6.45) is 4.98. The van der Waals surface area contributed by atoms with Gasteiger partial charge in [0.25, 0.3) is 5.91 Å². The van der Waals surface area contributed by atoms with E-state index in [9.17, 15) is 9.18 Å². The molecule has 0 aliphatic rings. The van der Waals surface area contributed by atoms with Gasteiger partial charge in [-0.3, -0.25) is 4.79 Å². The van der Waals surface area contributed by atoms with Crippen molar-refractivity contribution >= 4 is 5.91 Å². The van der Waals surface area contributed by atoms with Crippen molar-refractivity contribution in [1.29, 1.82) is 0 Å². The van der Waals surface area contributed by atoms with Gasteiger partial charge >= 0.3 is 0 Å². The molecule has 0 radical (unpaired) electrons. The van der Waals surface area contributed by atoms with Crippen LogP contribution in [0.2, 0.25) is 0 Å². The molecule has 1 rings (SSSR count). The van der Waals surface area contributed by atoms with Crippen LogP contribution in [0.4, 0.5) is 4.39 Å². The van der Waals surface area contributed by atoms with Gasteiger partial charge < -0.3 is 15.8 Å². The zero-order valence-electron chi connectivity index (χ0n) is 10.1. The standard InChI is InChI=1S/C13H15FN2O2/c1-3-6-16-13(17)8-18-10-4-5-11(9(2)15)12(14)7-10/h1,4-5,7,9H,6,8,15H2,2H3,(H,16,17)/t9-/m0/s1. The molecule has 0 aliphatic carbocycles. The first-order chi connectivity index (χ1) is 8.54. The highest BCUT2D eigenvalue weighted by Crippen LogP contribution is 2.20. The molecule has 0 unspecified atom stereocenters. The van der Waals surface area contributed by atoms with E-state index in [1.807, 2.05) is 0 Å². The number of ether oxygens (including phenoxy) is 1. The molecule has 0 saturated heterocycles. The Balaban J connectivity index is 2.56. The quantitative estimate of drug-likeness (QED) is 0.765. The molecule has 1 aromatic rings. The van der Waals surface area contributed by atoms with E-state index in [4.69, 9.17) is 16.9 Å². The van der Waals surface area contributed by atoms with Crippen molar-refractivity contribution in [2.24, 2.45) is 5.73 Å². The molecule has 5 heteroatoms. The van der Waals surface area contributed by atoms with Gasteiger partial charge in [-0.15, -0.1) is 6.42 Å². The average molecular weight is 250 g/mol. The van der Waals surface area contributed by atoms with E-state index in [2.05, 4.69) is 11.2 Å². The number of benzene rings is 1. The molecule has 3 N–H and O–H groups in total. The number of halogens is 1. The smallest absolute Gasteiger partial charge is 0.258 e. The first kappa shape index (κ1) is 14.0. The van der Waals surface area contributed by atoms with Gasteiger partial charge in [-0.25, -0.2) is 4.39 Å². The van der Waals surface area contributed by atoms with Gasteiger partial charge in [-0.1, -0.05) is 12.0 Å². The molecule has 0 saturated carbocycles. The Bertz CT molecular complexity index is 467. The van der Waals surface area contributed by atoms with Gasteiger partial charge in [-0.2, -0.15) is 0 Å². The van der Waals surface area contributed by atoms with E-state index >= 15 is 0 Å². The highest BCUT2D eigenvalue weighted by molar-refractivity contribution is 5.77. The van der Waals surface area contributed by atoms with Crippen LogP contribution in [0.1, 0.15) is 18.5 Å². The third-order valence-corrected chi connectivity index (χ3v) is 2.22.